The number of sulfone groups is 1. The molecule has 134 valence electrons. The molecule has 0 aliphatic rings. The van der Waals surface area contributed by atoms with E-state index in [1.165, 1.54) is 11.3 Å². The van der Waals surface area contributed by atoms with Gasteiger partial charge in [0.25, 0.3) is 0 Å². The minimum Gasteiger partial charge on any atom is -0.341 e. The highest BCUT2D eigenvalue weighted by Crippen LogP contribution is 2.28. The summed E-state index contributed by atoms with van der Waals surface area (Å²) in [5.74, 6) is -1.28. The molecule has 0 bridgehead atoms. The third kappa shape index (κ3) is 4.20. The van der Waals surface area contributed by atoms with Crippen molar-refractivity contribution < 1.29 is 13.2 Å². The molecule has 1 heterocycles. The van der Waals surface area contributed by atoms with Crippen LogP contribution in [0.25, 0.3) is 0 Å². The molecule has 0 radical (unpaired) electrons. The summed E-state index contributed by atoms with van der Waals surface area (Å²) < 4.78 is 25.0. The Morgan fingerprint density at radius 1 is 1.00 bits per heavy atom. The van der Waals surface area contributed by atoms with E-state index in [9.17, 15) is 13.2 Å². The second kappa shape index (κ2) is 7.85. The number of carbonyl (C=O) groups excluding carboxylic acids is 1. The van der Waals surface area contributed by atoms with Gasteiger partial charge in [0.1, 0.15) is 5.88 Å². The minimum atomic E-state index is -3.59. The molecule has 4 nitrogen and oxygen atoms in total. The zero-order chi connectivity index (χ0) is 18.6. The molecule has 0 aliphatic carbocycles. The molecule has 6 heteroatoms. The minimum absolute atomic E-state index is 0.204. The topological polar surface area (TPSA) is 63.2 Å². The molecule has 26 heavy (non-hydrogen) atoms. The predicted molar refractivity (Wildman–Crippen MR) is 104 cm³/mol. The SMILES string of the molecule is Cc1ccc(S(=O)(=O)CNC(=O)C(c2ccccc2)c2cccs2)cc1. The van der Waals surface area contributed by atoms with E-state index < -0.39 is 21.6 Å². The van der Waals surface area contributed by atoms with Gasteiger partial charge in [-0.15, -0.1) is 11.3 Å². The monoisotopic (exact) mass is 385 g/mol. The van der Waals surface area contributed by atoms with E-state index in [2.05, 4.69) is 5.32 Å². The van der Waals surface area contributed by atoms with Gasteiger partial charge < -0.3 is 5.32 Å². The van der Waals surface area contributed by atoms with Crippen LogP contribution in [0.3, 0.4) is 0 Å². The van der Waals surface area contributed by atoms with Gasteiger partial charge in [0.15, 0.2) is 9.84 Å². The van der Waals surface area contributed by atoms with E-state index >= 15 is 0 Å². The van der Waals surface area contributed by atoms with Crippen LogP contribution >= 0.6 is 11.3 Å². The number of hydrogen-bond acceptors (Lipinski definition) is 4. The predicted octanol–water partition coefficient (Wildman–Crippen LogP) is 3.74. The van der Waals surface area contributed by atoms with Crippen LogP contribution < -0.4 is 5.32 Å². The highest BCUT2D eigenvalue weighted by atomic mass is 32.2. The summed E-state index contributed by atoms with van der Waals surface area (Å²) in [5, 5.41) is 4.51. The van der Waals surface area contributed by atoms with Gasteiger partial charge in [-0.1, -0.05) is 54.1 Å². The van der Waals surface area contributed by atoms with Crippen molar-refractivity contribution in [2.75, 3.05) is 5.88 Å². The van der Waals surface area contributed by atoms with Crippen LogP contribution in [-0.4, -0.2) is 20.2 Å². The first-order valence-electron chi connectivity index (χ1n) is 8.13. The Balaban J connectivity index is 1.79. The number of hydrogen-bond donors (Lipinski definition) is 1. The maximum absolute atomic E-state index is 12.8. The summed E-state index contributed by atoms with van der Waals surface area (Å²) in [6, 6.07) is 19.7. The lowest BCUT2D eigenvalue weighted by atomic mass is 9.97. The van der Waals surface area contributed by atoms with E-state index in [1.807, 2.05) is 54.8 Å². The zero-order valence-corrected chi connectivity index (χ0v) is 15.9. The Morgan fingerprint density at radius 2 is 1.69 bits per heavy atom. The number of amides is 1. The van der Waals surface area contributed by atoms with Crippen LogP contribution in [0.4, 0.5) is 0 Å². The maximum atomic E-state index is 12.8. The van der Waals surface area contributed by atoms with Gasteiger partial charge in [0.05, 0.1) is 10.8 Å². The average Bonchev–Trinajstić information content (AvgIpc) is 3.16. The Hall–Kier alpha value is -2.44. The van der Waals surface area contributed by atoms with Crippen molar-refractivity contribution in [2.24, 2.45) is 0 Å². The van der Waals surface area contributed by atoms with Crippen LogP contribution in [0.5, 0.6) is 0 Å². The first-order valence-corrected chi connectivity index (χ1v) is 10.7. The summed E-state index contributed by atoms with van der Waals surface area (Å²) in [6.07, 6.45) is 0. The molecule has 3 rings (SSSR count). The van der Waals surface area contributed by atoms with E-state index in [-0.39, 0.29) is 10.8 Å². The van der Waals surface area contributed by atoms with E-state index in [4.69, 9.17) is 0 Å². The molecule has 0 saturated carbocycles. The summed E-state index contributed by atoms with van der Waals surface area (Å²) in [7, 11) is -3.59. The van der Waals surface area contributed by atoms with Crippen molar-refractivity contribution in [2.45, 2.75) is 17.7 Å². The fraction of sp³-hybridized carbons (Fsp3) is 0.150. The third-order valence-corrected chi connectivity index (χ3v) is 6.49. The fourth-order valence-corrected chi connectivity index (χ4v) is 4.54. The summed E-state index contributed by atoms with van der Waals surface area (Å²) in [6.45, 7) is 1.89. The number of nitrogens with one attached hydrogen (secondary N) is 1. The first kappa shape index (κ1) is 18.4. The van der Waals surface area contributed by atoms with Gasteiger partial charge in [-0.05, 0) is 36.1 Å². The molecule has 0 saturated heterocycles. The highest BCUT2D eigenvalue weighted by Gasteiger charge is 2.25. The van der Waals surface area contributed by atoms with Gasteiger partial charge in [-0.25, -0.2) is 8.42 Å². The second-order valence-electron chi connectivity index (χ2n) is 5.97. The van der Waals surface area contributed by atoms with Gasteiger partial charge in [-0.2, -0.15) is 0 Å². The van der Waals surface area contributed by atoms with Crippen LogP contribution in [0.15, 0.2) is 77.0 Å². The maximum Gasteiger partial charge on any atom is 0.233 e. The smallest absolute Gasteiger partial charge is 0.233 e. The largest absolute Gasteiger partial charge is 0.341 e. The Kier molecular flexibility index (Phi) is 5.54. The van der Waals surface area contributed by atoms with Gasteiger partial charge >= 0.3 is 0 Å². The lowest BCUT2D eigenvalue weighted by Crippen LogP contribution is -2.34. The van der Waals surface area contributed by atoms with Crippen LogP contribution in [0.2, 0.25) is 0 Å². The van der Waals surface area contributed by atoms with Crippen molar-refractivity contribution in [1.29, 1.82) is 0 Å². The van der Waals surface area contributed by atoms with E-state index in [0.29, 0.717) is 0 Å². The van der Waals surface area contributed by atoms with Gasteiger partial charge in [0, 0.05) is 4.88 Å². The Bertz CT molecular complexity index is 964. The molecule has 0 fully saturated rings. The highest BCUT2D eigenvalue weighted by molar-refractivity contribution is 7.91. The molecule has 3 aromatic rings. The standard InChI is InChI=1S/C20H19NO3S2/c1-15-9-11-17(12-10-15)26(23,24)14-21-20(22)19(18-8-5-13-25-18)16-6-3-2-4-7-16/h2-13,19H,14H2,1H3,(H,21,22). The molecular weight excluding hydrogens is 366 g/mol. The molecule has 2 aromatic carbocycles. The Morgan fingerprint density at radius 3 is 2.31 bits per heavy atom. The lowest BCUT2D eigenvalue weighted by Gasteiger charge is -2.16. The second-order valence-corrected chi connectivity index (χ2v) is 8.94. The lowest BCUT2D eigenvalue weighted by molar-refractivity contribution is -0.121. The number of benzene rings is 2. The number of rotatable bonds is 6. The van der Waals surface area contributed by atoms with Crippen LogP contribution in [-0.2, 0) is 14.6 Å². The molecule has 1 unspecified atom stereocenters. The summed E-state index contributed by atoms with van der Waals surface area (Å²) in [4.78, 5) is 13.9. The molecule has 1 amide bonds. The normalized spacial score (nSPS) is 12.5. The quantitative estimate of drug-likeness (QED) is 0.703. The average molecular weight is 386 g/mol. The van der Waals surface area contributed by atoms with Crippen LogP contribution in [0.1, 0.15) is 21.9 Å². The Labute approximate surface area is 157 Å². The molecule has 1 aromatic heterocycles. The third-order valence-electron chi connectivity index (χ3n) is 4.04. The molecular formula is C20H19NO3S2. The molecule has 1 N–H and O–H groups in total. The van der Waals surface area contributed by atoms with Crippen molar-refractivity contribution >= 4 is 27.1 Å². The van der Waals surface area contributed by atoms with Crippen LogP contribution in [0, 0.1) is 6.92 Å². The number of carbonyl (C=O) groups is 1. The van der Waals surface area contributed by atoms with E-state index in [0.717, 1.165) is 16.0 Å². The summed E-state index contributed by atoms with van der Waals surface area (Å²) in [5.41, 5.74) is 1.81. The molecule has 0 spiro atoms. The molecule has 1 atom stereocenters. The van der Waals surface area contributed by atoms with Gasteiger partial charge in [0.2, 0.25) is 5.91 Å². The van der Waals surface area contributed by atoms with E-state index in [1.54, 1.807) is 24.3 Å². The fourth-order valence-electron chi connectivity index (χ4n) is 2.64. The van der Waals surface area contributed by atoms with Gasteiger partial charge in [-0.3, -0.25) is 4.79 Å². The van der Waals surface area contributed by atoms with Crippen molar-refractivity contribution in [3.05, 3.63) is 88.1 Å². The summed E-state index contributed by atoms with van der Waals surface area (Å²) >= 11 is 1.48. The van der Waals surface area contributed by atoms with Crippen molar-refractivity contribution in [1.82, 2.24) is 5.32 Å². The first-order chi connectivity index (χ1) is 12.5. The number of thiophene rings is 1. The van der Waals surface area contributed by atoms with Crippen molar-refractivity contribution in [3.8, 4) is 0 Å². The molecule has 0 aliphatic heterocycles. The van der Waals surface area contributed by atoms with Crippen molar-refractivity contribution in [3.63, 3.8) is 0 Å². The zero-order valence-electron chi connectivity index (χ0n) is 14.3. The number of aryl methyl sites for hydroxylation is 1.